The molecule has 0 fully saturated rings. The van der Waals surface area contributed by atoms with Crippen molar-refractivity contribution in [3.8, 4) is 11.5 Å². The molecule has 0 spiro atoms. The van der Waals surface area contributed by atoms with Crippen LogP contribution in [0.5, 0.6) is 11.5 Å². The van der Waals surface area contributed by atoms with Crippen molar-refractivity contribution in [3.05, 3.63) is 65.6 Å². The van der Waals surface area contributed by atoms with Gasteiger partial charge in [0.05, 0.1) is 0 Å². The van der Waals surface area contributed by atoms with E-state index in [1.807, 2.05) is 31.2 Å². The summed E-state index contributed by atoms with van der Waals surface area (Å²) in [5.41, 5.74) is 2.91. The van der Waals surface area contributed by atoms with Gasteiger partial charge in [-0.1, -0.05) is 12.1 Å². The second kappa shape index (κ2) is 6.95. The Labute approximate surface area is 156 Å². The third-order valence-corrected chi connectivity index (χ3v) is 3.99. The number of aryl methyl sites for hydroxylation is 2. The molecule has 0 aliphatic carbocycles. The Morgan fingerprint density at radius 2 is 1.81 bits per heavy atom. The third kappa shape index (κ3) is 3.82. The molecule has 7 heteroatoms. The van der Waals surface area contributed by atoms with Crippen molar-refractivity contribution in [3.63, 3.8) is 0 Å². The number of nitrogens with one attached hydrogen (secondary N) is 2. The lowest BCUT2D eigenvalue weighted by atomic mass is 10.2. The lowest BCUT2D eigenvalue weighted by Gasteiger charge is -2.10. The van der Waals surface area contributed by atoms with Crippen molar-refractivity contribution >= 4 is 23.1 Å². The first-order valence-corrected chi connectivity index (χ1v) is 8.47. The van der Waals surface area contributed by atoms with E-state index in [0.29, 0.717) is 28.8 Å². The number of nitrogens with zero attached hydrogens (tertiary/aromatic N) is 2. The Balaban J connectivity index is 1.54. The van der Waals surface area contributed by atoms with E-state index in [2.05, 4.69) is 20.6 Å². The predicted molar refractivity (Wildman–Crippen MR) is 102 cm³/mol. The molecule has 0 atom stereocenters. The molecule has 4 rings (SSSR count). The standard InChI is InChI=1S/C20H18N4O3/c1-12-4-3-5-14(8-12)23-19-10-16(21-13(2)22-19)20(25)24-15-6-7-17-18(9-15)27-11-26-17/h3-10H,11H2,1-2H3,(H,24,25)(H,21,22,23). The lowest BCUT2D eigenvalue weighted by molar-refractivity contribution is 0.102. The number of benzene rings is 2. The number of carbonyl (C=O) groups is 1. The summed E-state index contributed by atoms with van der Waals surface area (Å²) in [5.74, 6) is 2.00. The van der Waals surface area contributed by atoms with Crippen LogP contribution in [0.25, 0.3) is 0 Å². The van der Waals surface area contributed by atoms with Crippen LogP contribution < -0.4 is 20.1 Å². The molecule has 2 N–H and O–H groups in total. The molecule has 3 aromatic rings. The van der Waals surface area contributed by atoms with Gasteiger partial charge in [-0.05, 0) is 43.7 Å². The van der Waals surface area contributed by atoms with Gasteiger partial charge < -0.3 is 20.1 Å². The van der Waals surface area contributed by atoms with E-state index in [9.17, 15) is 4.79 Å². The second-order valence-corrected chi connectivity index (χ2v) is 6.20. The molecular formula is C20H18N4O3. The summed E-state index contributed by atoms with van der Waals surface area (Å²) in [6.07, 6.45) is 0. The van der Waals surface area contributed by atoms with Crippen LogP contribution in [-0.4, -0.2) is 22.7 Å². The monoisotopic (exact) mass is 362 g/mol. The number of hydrogen-bond acceptors (Lipinski definition) is 6. The first-order chi connectivity index (χ1) is 13.1. The van der Waals surface area contributed by atoms with Crippen molar-refractivity contribution in [1.29, 1.82) is 0 Å². The molecule has 0 radical (unpaired) electrons. The molecular weight excluding hydrogens is 344 g/mol. The van der Waals surface area contributed by atoms with Gasteiger partial charge in [0.2, 0.25) is 6.79 Å². The number of fused-ring (bicyclic) bond motifs is 1. The number of anilines is 3. The van der Waals surface area contributed by atoms with Gasteiger partial charge in [0.1, 0.15) is 17.3 Å². The highest BCUT2D eigenvalue weighted by atomic mass is 16.7. The molecule has 0 saturated heterocycles. The quantitative estimate of drug-likeness (QED) is 0.734. The summed E-state index contributed by atoms with van der Waals surface area (Å²) in [6, 6.07) is 14.8. The maximum absolute atomic E-state index is 12.6. The van der Waals surface area contributed by atoms with Gasteiger partial charge >= 0.3 is 0 Å². The lowest BCUT2D eigenvalue weighted by Crippen LogP contribution is -2.15. The zero-order valence-corrected chi connectivity index (χ0v) is 14.9. The van der Waals surface area contributed by atoms with Crippen LogP contribution >= 0.6 is 0 Å². The Morgan fingerprint density at radius 3 is 2.67 bits per heavy atom. The largest absolute Gasteiger partial charge is 0.454 e. The summed E-state index contributed by atoms with van der Waals surface area (Å²) >= 11 is 0. The maximum atomic E-state index is 12.6. The number of aromatic nitrogens is 2. The minimum atomic E-state index is -0.327. The Kier molecular flexibility index (Phi) is 4.33. The SMILES string of the molecule is Cc1cccc(Nc2cc(C(=O)Nc3ccc4c(c3)OCO4)nc(C)n2)c1. The van der Waals surface area contributed by atoms with Crippen molar-refractivity contribution < 1.29 is 14.3 Å². The van der Waals surface area contributed by atoms with Gasteiger partial charge in [-0.2, -0.15) is 0 Å². The highest BCUT2D eigenvalue weighted by Crippen LogP contribution is 2.34. The van der Waals surface area contributed by atoms with Gasteiger partial charge in [-0.3, -0.25) is 4.79 Å². The van der Waals surface area contributed by atoms with E-state index in [-0.39, 0.29) is 18.4 Å². The summed E-state index contributed by atoms with van der Waals surface area (Å²) in [7, 11) is 0. The first kappa shape index (κ1) is 16.8. The number of carbonyl (C=O) groups excluding carboxylic acids is 1. The van der Waals surface area contributed by atoms with E-state index in [4.69, 9.17) is 9.47 Å². The van der Waals surface area contributed by atoms with Crippen molar-refractivity contribution in [2.45, 2.75) is 13.8 Å². The fraction of sp³-hybridized carbons (Fsp3) is 0.150. The van der Waals surface area contributed by atoms with Crippen molar-refractivity contribution in [1.82, 2.24) is 9.97 Å². The van der Waals surface area contributed by atoms with Crippen LogP contribution in [0.3, 0.4) is 0 Å². The predicted octanol–water partition coefficient (Wildman–Crippen LogP) is 3.82. The molecule has 1 aliphatic rings. The molecule has 7 nitrogen and oxygen atoms in total. The minimum Gasteiger partial charge on any atom is -0.454 e. The van der Waals surface area contributed by atoms with Gasteiger partial charge in [-0.15, -0.1) is 0 Å². The molecule has 27 heavy (non-hydrogen) atoms. The summed E-state index contributed by atoms with van der Waals surface area (Å²) in [5, 5.41) is 6.03. The molecule has 1 aromatic heterocycles. The number of hydrogen-bond donors (Lipinski definition) is 2. The van der Waals surface area contributed by atoms with Gasteiger partial charge in [0.25, 0.3) is 5.91 Å². The average molecular weight is 362 g/mol. The van der Waals surface area contributed by atoms with E-state index < -0.39 is 0 Å². The fourth-order valence-corrected chi connectivity index (χ4v) is 2.79. The number of amides is 1. The zero-order chi connectivity index (χ0) is 18.8. The molecule has 1 amide bonds. The Bertz CT molecular complexity index is 1020. The topological polar surface area (TPSA) is 85.4 Å². The van der Waals surface area contributed by atoms with Crippen LogP contribution in [-0.2, 0) is 0 Å². The zero-order valence-electron chi connectivity index (χ0n) is 14.9. The van der Waals surface area contributed by atoms with Gasteiger partial charge in [0, 0.05) is 23.5 Å². The number of ether oxygens (including phenoxy) is 2. The molecule has 0 saturated carbocycles. The Morgan fingerprint density at radius 1 is 0.963 bits per heavy atom. The van der Waals surface area contributed by atoms with Crippen LogP contribution in [0.1, 0.15) is 21.9 Å². The van der Waals surface area contributed by atoms with Gasteiger partial charge in [-0.25, -0.2) is 9.97 Å². The average Bonchev–Trinajstić information content (AvgIpc) is 3.09. The maximum Gasteiger partial charge on any atom is 0.274 e. The van der Waals surface area contributed by atoms with Crippen molar-refractivity contribution in [2.75, 3.05) is 17.4 Å². The summed E-state index contributed by atoms with van der Waals surface area (Å²) in [4.78, 5) is 21.2. The van der Waals surface area contributed by atoms with Gasteiger partial charge in [0.15, 0.2) is 11.5 Å². The molecule has 1 aliphatic heterocycles. The van der Waals surface area contributed by atoms with E-state index >= 15 is 0 Å². The molecule has 0 unspecified atom stereocenters. The minimum absolute atomic E-state index is 0.186. The van der Waals surface area contributed by atoms with E-state index in [1.165, 1.54) is 0 Å². The molecule has 0 bridgehead atoms. The molecule has 136 valence electrons. The highest BCUT2D eigenvalue weighted by molar-refractivity contribution is 6.03. The highest BCUT2D eigenvalue weighted by Gasteiger charge is 2.16. The molecule has 2 heterocycles. The second-order valence-electron chi connectivity index (χ2n) is 6.20. The smallest absolute Gasteiger partial charge is 0.274 e. The Hall–Kier alpha value is -3.61. The number of rotatable bonds is 4. The fourth-order valence-electron chi connectivity index (χ4n) is 2.79. The van der Waals surface area contributed by atoms with E-state index in [1.54, 1.807) is 31.2 Å². The molecule has 2 aromatic carbocycles. The summed E-state index contributed by atoms with van der Waals surface area (Å²) in [6.45, 7) is 3.95. The van der Waals surface area contributed by atoms with E-state index in [0.717, 1.165) is 11.3 Å². The van der Waals surface area contributed by atoms with Crippen LogP contribution in [0, 0.1) is 13.8 Å². The van der Waals surface area contributed by atoms with Crippen LogP contribution in [0.15, 0.2) is 48.5 Å². The normalized spacial score (nSPS) is 11.9. The third-order valence-electron chi connectivity index (χ3n) is 3.99. The first-order valence-electron chi connectivity index (χ1n) is 8.47. The van der Waals surface area contributed by atoms with Crippen LogP contribution in [0.4, 0.5) is 17.2 Å². The van der Waals surface area contributed by atoms with Crippen molar-refractivity contribution in [2.24, 2.45) is 0 Å². The summed E-state index contributed by atoms with van der Waals surface area (Å²) < 4.78 is 10.6. The van der Waals surface area contributed by atoms with Crippen LogP contribution in [0.2, 0.25) is 0 Å².